The first-order valence-corrected chi connectivity index (χ1v) is 8.58. The maximum Gasteiger partial charge on any atom is 0.244 e. The molecule has 2 fully saturated rings. The van der Waals surface area contributed by atoms with Crippen LogP contribution in [0.5, 0.6) is 0 Å². The molecule has 0 aromatic carbocycles. The molecule has 0 unspecified atom stereocenters. The van der Waals surface area contributed by atoms with Gasteiger partial charge in [0.2, 0.25) is 5.91 Å². The molecular formula is C18H27N3O2. The summed E-state index contributed by atoms with van der Waals surface area (Å²) in [5.74, 6) is 3.06. The summed E-state index contributed by atoms with van der Waals surface area (Å²) < 4.78 is 5.76. The molecule has 0 bridgehead atoms. The number of furan rings is 1. The van der Waals surface area contributed by atoms with Gasteiger partial charge in [0, 0.05) is 51.3 Å². The molecule has 1 aliphatic heterocycles. The molecule has 23 heavy (non-hydrogen) atoms. The third kappa shape index (κ3) is 4.69. The maximum atomic E-state index is 11.8. The van der Waals surface area contributed by atoms with Crippen molar-refractivity contribution in [1.82, 2.24) is 15.1 Å². The molecule has 2 aliphatic rings. The Bertz CT molecular complexity index is 558. The molecule has 126 valence electrons. The highest BCUT2D eigenvalue weighted by atomic mass is 16.3. The number of nitrogens with one attached hydrogen (secondary N) is 1. The molecule has 0 spiro atoms. The molecule has 5 nitrogen and oxygen atoms in total. The third-order valence-electron chi connectivity index (χ3n) is 4.84. The summed E-state index contributed by atoms with van der Waals surface area (Å²) in [5.41, 5.74) is 0. The van der Waals surface area contributed by atoms with Gasteiger partial charge in [-0.1, -0.05) is 6.92 Å². The number of likely N-dealkylation sites (N-methyl/N-ethyl adjacent to an activating group) is 1. The zero-order valence-corrected chi connectivity index (χ0v) is 14.1. The number of hydrogen-bond acceptors (Lipinski definition) is 4. The molecule has 2 atom stereocenters. The van der Waals surface area contributed by atoms with E-state index in [1.165, 1.54) is 6.42 Å². The number of rotatable bonds is 6. The van der Waals surface area contributed by atoms with Gasteiger partial charge in [0.25, 0.3) is 0 Å². The van der Waals surface area contributed by atoms with Gasteiger partial charge in [0.15, 0.2) is 0 Å². The first kappa shape index (κ1) is 16.3. The van der Waals surface area contributed by atoms with Crippen LogP contribution in [-0.4, -0.2) is 62.0 Å². The lowest BCUT2D eigenvalue weighted by Crippen LogP contribution is -2.46. The molecule has 1 N–H and O–H groups in total. The molecule has 5 heteroatoms. The molecule has 1 amide bonds. The Morgan fingerprint density at radius 1 is 1.35 bits per heavy atom. The van der Waals surface area contributed by atoms with E-state index in [-0.39, 0.29) is 5.91 Å². The number of piperazine rings is 1. The minimum absolute atomic E-state index is 0.0585. The minimum atomic E-state index is -0.0585. The summed E-state index contributed by atoms with van der Waals surface area (Å²) >= 11 is 0. The molecule has 1 aromatic heterocycles. The van der Waals surface area contributed by atoms with Gasteiger partial charge in [-0.05, 0) is 37.6 Å². The second-order valence-electron chi connectivity index (χ2n) is 6.83. The van der Waals surface area contributed by atoms with Gasteiger partial charge in [-0.15, -0.1) is 0 Å². The highest BCUT2D eigenvalue weighted by Gasteiger charge is 2.36. The van der Waals surface area contributed by atoms with Gasteiger partial charge in [-0.2, -0.15) is 0 Å². The van der Waals surface area contributed by atoms with Crippen molar-refractivity contribution in [3.8, 4) is 0 Å². The van der Waals surface area contributed by atoms with Gasteiger partial charge >= 0.3 is 0 Å². The van der Waals surface area contributed by atoms with E-state index < -0.39 is 0 Å². The van der Waals surface area contributed by atoms with Crippen LogP contribution < -0.4 is 5.32 Å². The summed E-state index contributed by atoms with van der Waals surface area (Å²) in [6.07, 6.45) is 4.52. The van der Waals surface area contributed by atoms with Crippen LogP contribution >= 0.6 is 0 Å². The Morgan fingerprint density at radius 2 is 2.09 bits per heavy atom. The van der Waals surface area contributed by atoms with E-state index in [1.54, 1.807) is 12.2 Å². The van der Waals surface area contributed by atoms with Crippen molar-refractivity contribution in [2.45, 2.75) is 19.3 Å². The van der Waals surface area contributed by atoms with Crippen molar-refractivity contribution >= 4 is 12.0 Å². The average Bonchev–Trinajstić information content (AvgIpc) is 3.09. The first-order valence-electron chi connectivity index (χ1n) is 8.58. The van der Waals surface area contributed by atoms with Crippen molar-refractivity contribution in [2.75, 3.05) is 46.3 Å². The van der Waals surface area contributed by atoms with Crippen molar-refractivity contribution in [2.24, 2.45) is 5.92 Å². The predicted octanol–water partition coefficient (Wildman–Crippen LogP) is 1.78. The van der Waals surface area contributed by atoms with E-state index in [0.29, 0.717) is 12.5 Å². The summed E-state index contributed by atoms with van der Waals surface area (Å²) in [6.45, 7) is 8.21. The fourth-order valence-corrected chi connectivity index (χ4v) is 3.00. The molecule has 0 radical (unpaired) electrons. The summed E-state index contributed by atoms with van der Waals surface area (Å²) in [5, 5.41) is 2.94. The Kier molecular flexibility index (Phi) is 5.18. The largest absolute Gasteiger partial charge is 0.461 e. The van der Waals surface area contributed by atoms with Gasteiger partial charge in [0.05, 0.1) is 0 Å². The van der Waals surface area contributed by atoms with E-state index in [1.807, 2.05) is 12.1 Å². The van der Waals surface area contributed by atoms with Crippen LogP contribution in [0.25, 0.3) is 6.08 Å². The number of carbonyl (C=O) groups is 1. The van der Waals surface area contributed by atoms with Crippen LogP contribution in [0.2, 0.25) is 0 Å². The van der Waals surface area contributed by atoms with Crippen LogP contribution in [0.1, 0.15) is 30.8 Å². The highest BCUT2D eigenvalue weighted by Crippen LogP contribution is 2.47. The smallest absolute Gasteiger partial charge is 0.244 e. The standard InChI is InChI=1S/C18H27N3O2/c1-14-13-16(14)17-5-3-15(23-17)4-6-18(22)19-7-8-21-11-9-20(2)10-12-21/h3-6,14,16H,7-13H2,1-2H3,(H,19,22)/b6-4-/t14-,16+/m1/s1. The number of nitrogens with zero attached hydrogens (tertiary/aromatic N) is 2. The van der Waals surface area contributed by atoms with Crippen LogP contribution in [0, 0.1) is 5.92 Å². The maximum absolute atomic E-state index is 11.8. The lowest BCUT2D eigenvalue weighted by molar-refractivity contribution is -0.116. The van der Waals surface area contributed by atoms with E-state index in [0.717, 1.165) is 50.2 Å². The molecule has 1 aliphatic carbocycles. The predicted molar refractivity (Wildman–Crippen MR) is 91.2 cm³/mol. The topological polar surface area (TPSA) is 48.7 Å². The monoisotopic (exact) mass is 317 g/mol. The quantitative estimate of drug-likeness (QED) is 0.813. The molecular weight excluding hydrogens is 290 g/mol. The Balaban J connectivity index is 1.36. The highest BCUT2D eigenvalue weighted by molar-refractivity contribution is 5.91. The summed E-state index contributed by atoms with van der Waals surface area (Å²) in [7, 11) is 2.15. The molecule has 3 rings (SSSR count). The fraction of sp³-hybridized carbons (Fsp3) is 0.611. The number of amides is 1. The van der Waals surface area contributed by atoms with Crippen LogP contribution in [-0.2, 0) is 4.79 Å². The first-order chi connectivity index (χ1) is 11.1. The second kappa shape index (κ2) is 7.32. The van der Waals surface area contributed by atoms with Gasteiger partial charge in [-0.3, -0.25) is 9.69 Å². The Labute approximate surface area is 138 Å². The number of carbonyl (C=O) groups excluding carboxylic acids is 1. The van der Waals surface area contributed by atoms with Crippen molar-refractivity contribution in [1.29, 1.82) is 0 Å². The molecule has 2 heterocycles. The summed E-state index contributed by atoms with van der Waals surface area (Å²) in [6, 6.07) is 3.97. The lowest BCUT2D eigenvalue weighted by Gasteiger charge is -2.32. The van der Waals surface area contributed by atoms with Crippen LogP contribution in [0.4, 0.5) is 0 Å². The van der Waals surface area contributed by atoms with Crippen molar-refractivity contribution in [3.63, 3.8) is 0 Å². The minimum Gasteiger partial charge on any atom is -0.461 e. The average molecular weight is 317 g/mol. The van der Waals surface area contributed by atoms with E-state index >= 15 is 0 Å². The van der Waals surface area contributed by atoms with Crippen LogP contribution in [0.15, 0.2) is 22.6 Å². The van der Waals surface area contributed by atoms with Crippen molar-refractivity contribution < 1.29 is 9.21 Å². The zero-order chi connectivity index (χ0) is 16.2. The van der Waals surface area contributed by atoms with E-state index in [2.05, 4.69) is 29.1 Å². The lowest BCUT2D eigenvalue weighted by atomic mass is 10.3. The Hall–Kier alpha value is -1.59. The normalized spacial score (nSPS) is 25.8. The molecule has 1 saturated heterocycles. The summed E-state index contributed by atoms with van der Waals surface area (Å²) in [4.78, 5) is 16.6. The molecule has 1 saturated carbocycles. The third-order valence-corrected chi connectivity index (χ3v) is 4.84. The Morgan fingerprint density at radius 3 is 2.78 bits per heavy atom. The van der Waals surface area contributed by atoms with Gasteiger partial charge in [-0.25, -0.2) is 0 Å². The van der Waals surface area contributed by atoms with E-state index in [9.17, 15) is 4.79 Å². The molecule has 1 aromatic rings. The van der Waals surface area contributed by atoms with Gasteiger partial charge < -0.3 is 14.6 Å². The van der Waals surface area contributed by atoms with Gasteiger partial charge in [0.1, 0.15) is 11.5 Å². The fourth-order valence-electron chi connectivity index (χ4n) is 3.00. The zero-order valence-electron chi connectivity index (χ0n) is 14.1. The van der Waals surface area contributed by atoms with Crippen LogP contribution in [0.3, 0.4) is 0 Å². The SMILES string of the molecule is C[C@@H]1C[C@@H]1c1ccc(/C=C\C(=O)NCCN2CCN(C)CC2)o1. The van der Waals surface area contributed by atoms with E-state index in [4.69, 9.17) is 4.42 Å². The number of hydrogen-bond donors (Lipinski definition) is 1. The van der Waals surface area contributed by atoms with Crippen molar-refractivity contribution in [3.05, 3.63) is 29.7 Å². The second-order valence-corrected chi connectivity index (χ2v) is 6.83.